The minimum Gasteiger partial charge on any atom is -0.454 e. The summed E-state index contributed by atoms with van der Waals surface area (Å²) in [5.74, 6) is 1.68. The molecule has 0 aromatic heterocycles. The van der Waals surface area contributed by atoms with Crippen molar-refractivity contribution < 1.29 is 19.1 Å². The lowest BCUT2D eigenvalue weighted by molar-refractivity contribution is -0.123. The Bertz CT molecular complexity index is 640. The topological polar surface area (TPSA) is 88.7 Å². The molecule has 0 saturated carbocycles. The van der Waals surface area contributed by atoms with E-state index in [9.17, 15) is 9.59 Å². The highest BCUT2D eigenvalue weighted by atomic mass is 32.2. The first-order valence-corrected chi connectivity index (χ1v) is 9.51. The number of ether oxygens (including phenoxy) is 2. The minimum atomic E-state index is -0.214. The van der Waals surface area contributed by atoms with Crippen molar-refractivity contribution in [1.29, 1.82) is 0 Å². The van der Waals surface area contributed by atoms with E-state index in [4.69, 9.17) is 9.47 Å². The molecular formula is C17H23N3O4S. The number of rotatable bonds is 7. The highest BCUT2D eigenvalue weighted by Crippen LogP contribution is 2.32. The predicted octanol–water partition coefficient (Wildman–Crippen LogP) is 1.33. The molecule has 1 saturated heterocycles. The Morgan fingerprint density at radius 1 is 1.36 bits per heavy atom. The molecule has 0 aliphatic carbocycles. The summed E-state index contributed by atoms with van der Waals surface area (Å²) in [6.45, 7) is 2.76. The molecule has 25 heavy (non-hydrogen) atoms. The number of thioether (sulfide) groups is 1. The van der Waals surface area contributed by atoms with E-state index in [2.05, 4.69) is 22.9 Å². The molecule has 2 unspecified atom stereocenters. The van der Waals surface area contributed by atoms with Gasteiger partial charge in [-0.05, 0) is 24.1 Å². The van der Waals surface area contributed by atoms with E-state index < -0.39 is 0 Å². The van der Waals surface area contributed by atoms with Crippen molar-refractivity contribution in [2.45, 2.75) is 44.3 Å². The number of hydrogen-bond donors (Lipinski definition) is 3. The molecule has 1 fully saturated rings. The van der Waals surface area contributed by atoms with E-state index in [0.29, 0.717) is 18.7 Å². The average Bonchev–Trinajstić information content (AvgIpc) is 3.05. The molecule has 0 bridgehead atoms. The lowest BCUT2D eigenvalue weighted by Gasteiger charge is -2.30. The van der Waals surface area contributed by atoms with Crippen LogP contribution < -0.4 is 25.4 Å². The fourth-order valence-corrected chi connectivity index (χ4v) is 3.75. The molecule has 3 rings (SSSR count). The summed E-state index contributed by atoms with van der Waals surface area (Å²) in [5, 5.41) is 9.11. The van der Waals surface area contributed by atoms with Gasteiger partial charge in [-0.1, -0.05) is 19.4 Å². The maximum atomic E-state index is 12.1. The Labute approximate surface area is 151 Å². The van der Waals surface area contributed by atoms with Crippen molar-refractivity contribution in [3.8, 4) is 11.5 Å². The van der Waals surface area contributed by atoms with Crippen LogP contribution in [0.15, 0.2) is 18.2 Å². The Hall–Kier alpha value is -1.93. The third kappa shape index (κ3) is 5.02. The minimum absolute atomic E-state index is 0.0375. The molecule has 1 aromatic rings. The van der Waals surface area contributed by atoms with Gasteiger partial charge in [-0.15, -0.1) is 11.8 Å². The monoisotopic (exact) mass is 365 g/mol. The van der Waals surface area contributed by atoms with Crippen LogP contribution in [-0.2, 0) is 16.1 Å². The standard InChI is InChI=1S/C17H23N3O4S/c1-2-3-12-7-15(21)20-17(19-12)25-9-16(22)18-8-11-4-5-13-14(6-11)24-10-23-13/h4-6,12,17,19H,2-3,7-10H2,1H3,(H,18,22)(H,20,21). The van der Waals surface area contributed by atoms with Crippen molar-refractivity contribution in [2.75, 3.05) is 12.5 Å². The molecule has 0 spiro atoms. The third-order valence-corrected chi connectivity index (χ3v) is 5.07. The van der Waals surface area contributed by atoms with Gasteiger partial charge in [-0.25, -0.2) is 0 Å². The second-order valence-electron chi connectivity index (χ2n) is 6.08. The maximum Gasteiger partial charge on any atom is 0.231 e. The van der Waals surface area contributed by atoms with Crippen LogP contribution >= 0.6 is 11.8 Å². The first kappa shape index (κ1) is 17.9. The molecule has 2 aliphatic heterocycles. The van der Waals surface area contributed by atoms with Crippen LogP contribution in [0.25, 0.3) is 0 Å². The molecule has 8 heteroatoms. The Balaban J connectivity index is 1.41. The van der Waals surface area contributed by atoms with Crippen molar-refractivity contribution in [1.82, 2.24) is 16.0 Å². The van der Waals surface area contributed by atoms with Crippen molar-refractivity contribution in [3.63, 3.8) is 0 Å². The predicted molar refractivity (Wildman–Crippen MR) is 95.2 cm³/mol. The van der Waals surface area contributed by atoms with Crippen molar-refractivity contribution >= 4 is 23.6 Å². The van der Waals surface area contributed by atoms with Gasteiger partial charge in [0.25, 0.3) is 0 Å². The largest absolute Gasteiger partial charge is 0.454 e. The first-order chi connectivity index (χ1) is 12.1. The summed E-state index contributed by atoms with van der Waals surface area (Å²) in [6.07, 6.45) is 2.49. The van der Waals surface area contributed by atoms with E-state index in [0.717, 1.165) is 24.2 Å². The van der Waals surface area contributed by atoms with Gasteiger partial charge in [0.05, 0.1) is 5.75 Å². The normalized spacial score (nSPS) is 21.7. The van der Waals surface area contributed by atoms with Crippen LogP contribution in [0.4, 0.5) is 0 Å². The van der Waals surface area contributed by atoms with Crippen molar-refractivity contribution in [2.24, 2.45) is 0 Å². The number of nitrogens with one attached hydrogen (secondary N) is 3. The molecule has 0 radical (unpaired) electrons. The number of hydrogen-bond acceptors (Lipinski definition) is 6. The number of benzene rings is 1. The third-order valence-electron chi connectivity index (χ3n) is 4.06. The SMILES string of the molecule is CCCC1CC(=O)NC(SCC(=O)NCc2ccc3c(c2)OCO3)N1. The quantitative estimate of drug-likeness (QED) is 0.676. The van der Waals surface area contributed by atoms with Crippen molar-refractivity contribution in [3.05, 3.63) is 23.8 Å². The molecule has 1 aromatic carbocycles. The molecular weight excluding hydrogens is 342 g/mol. The lowest BCUT2D eigenvalue weighted by Crippen LogP contribution is -2.55. The Kier molecular flexibility index (Phi) is 6.04. The summed E-state index contributed by atoms with van der Waals surface area (Å²) >= 11 is 1.39. The van der Waals surface area contributed by atoms with Crippen LogP contribution in [0.1, 0.15) is 31.7 Å². The number of carbonyl (C=O) groups excluding carboxylic acids is 2. The Morgan fingerprint density at radius 3 is 3.04 bits per heavy atom. The zero-order valence-electron chi connectivity index (χ0n) is 14.2. The fraction of sp³-hybridized carbons (Fsp3) is 0.529. The van der Waals surface area contributed by atoms with Crippen LogP contribution in [-0.4, -0.2) is 35.9 Å². The van der Waals surface area contributed by atoms with E-state index >= 15 is 0 Å². The molecule has 2 atom stereocenters. The van der Waals surface area contributed by atoms with Gasteiger partial charge < -0.3 is 20.1 Å². The zero-order chi connectivity index (χ0) is 17.6. The van der Waals surface area contributed by atoms with Gasteiger partial charge in [0.2, 0.25) is 18.6 Å². The van der Waals surface area contributed by atoms with Crippen LogP contribution in [0, 0.1) is 0 Å². The van der Waals surface area contributed by atoms with E-state index in [1.165, 1.54) is 11.8 Å². The first-order valence-electron chi connectivity index (χ1n) is 8.46. The molecule has 2 heterocycles. The molecule has 136 valence electrons. The maximum absolute atomic E-state index is 12.1. The lowest BCUT2D eigenvalue weighted by atomic mass is 10.1. The van der Waals surface area contributed by atoms with E-state index in [-0.39, 0.29) is 35.9 Å². The molecule has 2 amide bonds. The highest BCUT2D eigenvalue weighted by Gasteiger charge is 2.25. The van der Waals surface area contributed by atoms with E-state index in [1.807, 2.05) is 18.2 Å². The van der Waals surface area contributed by atoms with Gasteiger partial charge >= 0.3 is 0 Å². The molecule has 2 aliphatic rings. The highest BCUT2D eigenvalue weighted by molar-refractivity contribution is 8.00. The molecule has 3 N–H and O–H groups in total. The van der Waals surface area contributed by atoms with E-state index in [1.54, 1.807) is 0 Å². The summed E-state index contributed by atoms with van der Waals surface area (Å²) in [7, 11) is 0. The van der Waals surface area contributed by atoms with Crippen LogP contribution in [0.2, 0.25) is 0 Å². The second-order valence-corrected chi connectivity index (χ2v) is 7.17. The van der Waals surface area contributed by atoms with Crippen LogP contribution in [0.5, 0.6) is 11.5 Å². The smallest absolute Gasteiger partial charge is 0.231 e. The second kappa shape index (κ2) is 8.44. The number of amides is 2. The van der Waals surface area contributed by atoms with Gasteiger partial charge in [-0.2, -0.15) is 0 Å². The summed E-state index contributed by atoms with van der Waals surface area (Å²) < 4.78 is 10.6. The fourth-order valence-electron chi connectivity index (χ4n) is 2.83. The van der Waals surface area contributed by atoms with Gasteiger partial charge in [0, 0.05) is 19.0 Å². The summed E-state index contributed by atoms with van der Waals surface area (Å²) in [6, 6.07) is 5.80. The average molecular weight is 365 g/mol. The van der Waals surface area contributed by atoms with Gasteiger partial charge in [0.15, 0.2) is 11.5 Å². The number of fused-ring (bicyclic) bond motifs is 1. The number of carbonyl (C=O) groups is 2. The summed E-state index contributed by atoms with van der Waals surface area (Å²) in [5.41, 5.74) is 0.740. The van der Waals surface area contributed by atoms with Gasteiger partial charge in [-0.3, -0.25) is 14.9 Å². The van der Waals surface area contributed by atoms with Crippen LogP contribution in [0.3, 0.4) is 0 Å². The molecule has 7 nitrogen and oxygen atoms in total. The van der Waals surface area contributed by atoms with Gasteiger partial charge in [0.1, 0.15) is 5.50 Å². The Morgan fingerprint density at radius 2 is 2.20 bits per heavy atom. The zero-order valence-corrected chi connectivity index (χ0v) is 15.0. The summed E-state index contributed by atoms with van der Waals surface area (Å²) in [4.78, 5) is 23.8.